The van der Waals surface area contributed by atoms with Gasteiger partial charge in [0.1, 0.15) is 5.82 Å². The Kier molecular flexibility index (Phi) is 3.71. The molecule has 0 radical (unpaired) electrons. The van der Waals surface area contributed by atoms with E-state index in [1.165, 1.54) is 36.4 Å². The largest absolute Gasteiger partial charge is 0.224 e. The predicted molar refractivity (Wildman–Crippen MR) is 70.1 cm³/mol. The predicted octanol–water partition coefficient (Wildman–Crippen LogP) is 3.64. The fraction of sp³-hybridized carbons (Fsp3) is 0.0769. The van der Waals surface area contributed by atoms with Gasteiger partial charge in [0.15, 0.2) is 9.84 Å². The highest BCUT2D eigenvalue weighted by atomic mass is 32.2. The van der Waals surface area contributed by atoms with Crippen molar-refractivity contribution < 1.29 is 12.8 Å². The van der Waals surface area contributed by atoms with Gasteiger partial charge in [0.25, 0.3) is 0 Å². The Bertz CT molecular complexity index is 692. The molecule has 0 saturated carbocycles. The van der Waals surface area contributed by atoms with Crippen LogP contribution in [0.1, 0.15) is 0 Å². The molecule has 4 nitrogen and oxygen atoms in total. The van der Waals surface area contributed by atoms with Crippen molar-refractivity contribution in [2.75, 3.05) is 6.26 Å². The number of azo groups is 1. The second-order valence-electron chi connectivity index (χ2n) is 3.94. The first-order valence-corrected chi connectivity index (χ1v) is 7.32. The third-order valence-electron chi connectivity index (χ3n) is 2.37. The van der Waals surface area contributed by atoms with Crippen LogP contribution >= 0.6 is 0 Å². The van der Waals surface area contributed by atoms with E-state index in [9.17, 15) is 12.8 Å². The topological polar surface area (TPSA) is 58.9 Å². The molecule has 0 fully saturated rings. The van der Waals surface area contributed by atoms with Gasteiger partial charge in [-0.2, -0.15) is 10.2 Å². The zero-order chi connectivity index (χ0) is 13.9. The molecule has 0 atom stereocenters. The molecule has 0 saturated heterocycles. The first-order valence-electron chi connectivity index (χ1n) is 5.42. The van der Waals surface area contributed by atoms with Crippen molar-refractivity contribution in [1.29, 1.82) is 0 Å². The summed E-state index contributed by atoms with van der Waals surface area (Å²) in [6, 6.07) is 11.6. The van der Waals surface area contributed by atoms with Crippen molar-refractivity contribution in [2.45, 2.75) is 4.90 Å². The normalized spacial score (nSPS) is 11.9. The molecule has 2 aromatic carbocycles. The Morgan fingerprint density at radius 1 is 0.842 bits per heavy atom. The van der Waals surface area contributed by atoms with E-state index in [0.717, 1.165) is 6.26 Å². The van der Waals surface area contributed by atoms with E-state index in [2.05, 4.69) is 10.2 Å². The van der Waals surface area contributed by atoms with Crippen LogP contribution in [0.5, 0.6) is 0 Å². The number of nitrogens with zero attached hydrogens (tertiary/aromatic N) is 2. The zero-order valence-electron chi connectivity index (χ0n) is 10.1. The Morgan fingerprint density at radius 3 is 1.68 bits per heavy atom. The molecule has 0 aliphatic carbocycles. The van der Waals surface area contributed by atoms with Gasteiger partial charge in [-0.1, -0.05) is 0 Å². The molecule has 0 aliphatic heterocycles. The van der Waals surface area contributed by atoms with Crippen LogP contribution in [0, 0.1) is 5.82 Å². The average molecular weight is 278 g/mol. The number of hydrogen-bond donors (Lipinski definition) is 0. The summed E-state index contributed by atoms with van der Waals surface area (Å²) in [5, 5.41) is 7.86. The van der Waals surface area contributed by atoms with Gasteiger partial charge < -0.3 is 0 Å². The average Bonchev–Trinajstić information content (AvgIpc) is 2.37. The van der Waals surface area contributed by atoms with Crippen LogP contribution in [0.15, 0.2) is 63.7 Å². The molecular formula is C13H11FN2O2S. The fourth-order valence-corrected chi connectivity index (χ4v) is 2.01. The second kappa shape index (κ2) is 5.27. The van der Waals surface area contributed by atoms with Crippen LogP contribution in [0.25, 0.3) is 0 Å². The van der Waals surface area contributed by atoms with Gasteiger partial charge in [-0.05, 0) is 48.5 Å². The van der Waals surface area contributed by atoms with Gasteiger partial charge in [-0.25, -0.2) is 12.8 Å². The lowest BCUT2D eigenvalue weighted by molar-refractivity contribution is 0.602. The molecule has 2 aromatic rings. The maximum Gasteiger partial charge on any atom is 0.175 e. The lowest BCUT2D eigenvalue weighted by atomic mass is 10.3. The van der Waals surface area contributed by atoms with E-state index in [0.29, 0.717) is 11.4 Å². The van der Waals surface area contributed by atoms with Crippen LogP contribution in [0.4, 0.5) is 15.8 Å². The molecule has 98 valence electrons. The van der Waals surface area contributed by atoms with E-state index >= 15 is 0 Å². The monoisotopic (exact) mass is 278 g/mol. The van der Waals surface area contributed by atoms with Crippen molar-refractivity contribution in [3.63, 3.8) is 0 Å². The van der Waals surface area contributed by atoms with Gasteiger partial charge in [0.05, 0.1) is 16.3 Å². The van der Waals surface area contributed by atoms with Gasteiger partial charge in [0, 0.05) is 6.26 Å². The van der Waals surface area contributed by atoms with Gasteiger partial charge in [-0.15, -0.1) is 0 Å². The van der Waals surface area contributed by atoms with E-state index < -0.39 is 9.84 Å². The molecule has 19 heavy (non-hydrogen) atoms. The molecule has 0 heterocycles. The molecule has 0 aliphatic rings. The Labute approximate surface area is 110 Å². The van der Waals surface area contributed by atoms with E-state index in [-0.39, 0.29) is 10.7 Å². The van der Waals surface area contributed by atoms with Crippen LogP contribution in [0.3, 0.4) is 0 Å². The summed E-state index contributed by atoms with van der Waals surface area (Å²) in [5.74, 6) is -0.337. The highest BCUT2D eigenvalue weighted by molar-refractivity contribution is 7.90. The number of halogens is 1. The Balaban J connectivity index is 2.18. The lowest BCUT2D eigenvalue weighted by Crippen LogP contribution is -1.95. The summed E-state index contributed by atoms with van der Waals surface area (Å²) >= 11 is 0. The molecular weight excluding hydrogens is 267 g/mol. The first kappa shape index (κ1) is 13.4. The quantitative estimate of drug-likeness (QED) is 0.805. The second-order valence-corrected chi connectivity index (χ2v) is 5.96. The third kappa shape index (κ3) is 3.69. The van der Waals surface area contributed by atoms with Crippen molar-refractivity contribution in [2.24, 2.45) is 10.2 Å². The summed E-state index contributed by atoms with van der Waals surface area (Å²) in [4.78, 5) is 0.230. The van der Waals surface area contributed by atoms with E-state index in [1.54, 1.807) is 12.1 Å². The highest BCUT2D eigenvalue weighted by Crippen LogP contribution is 2.20. The van der Waals surface area contributed by atoms with Crippen LogP contribution in [-0.4, -0.2) is 14.7 Å². The minimum atomic E-state index is -3.21. The SMILES string of the molecule is CS(=O)(=O)c1ccc(N=Nc2ccc(F)cc2)cc1. The molecule has 0 aromatic heterocycles. The lowest BCUT2D eigenvalue weighted by Gasteiger charge is -1.98. The minimum Gasteiger partial charge on any atom is -0.224 e. The number of rotatable bonds is 3. The molecule has 0 amide bonds. The summed E-state index contributed by atoms with van der Waals surface area (Å²) in [5.41, 5.74) is 1.05. The molecule has 0 bridgehead atoms. The smallest absolute Gasteiger partial charge is 0.175 e. The summed E-state index contributed by atoms with van der Waals surface area (Å²) in [7, 11) is -3.21. The number of benzene rings is 2. The summed E-state index contributed by atoms with van der Waals surface area (Å²) in [6.45, 7) is 0. The van der Waals surface area contributed by atoms with Crippen molar-refractivity contribution in [1.82, 2.24) is 0 Å². The van der Waals surface area contributed by atoms with Crippen LogP contribution in [0.2, 0.25) is 0 Å². The van der Waals surface area contributed by atoms with Gasteiger partial charge >= 0.3 is 0 Å². The van der Waals surface area contributed by atoms with E-state index in [1.807, 2.05) is 0 Å². The third-order valence-corrected chi connectivity index (χ3v) is 3.50. The Hall–Kier alpha value is -2.08. The summed E-state index contributed by atoms with van der Waals surface area (Å²) in [6.07, 6.45) is 1.14. The fourth-order valence-electron chi connectivity index (χ4n) is 1.38. The number of hydrogen-bond acceptors (Lipinski definition) is 4. The van der Waals surface area contributed by atoms with Crippen LogP contribution < -0.4 is 0 Å². The minimum absolute atomic E-state index is 0.230. The molecule has 2 rings (SSSR count). The zero-order valence-corrected chi connectivity index (χ0v) is 10.9. The summed E-state index contributed by atoms with van der Waals surface area (Å²) < 4.78 is 35.2. The first-order chi connectivity index (χ1) is 8.95. The van der Waals surface area contributed by atoms with Crippen molar-refractivity contribution in [3.05, 3.63) is 54.3 Å². The molecule has 0 unspecified atom stereocenters. The maximum absolute atomic E-state index is 12.7. The van der Waals surface area contributed by atoms with Gasteiger partial charge in [0.2, 0.25) is 0 Å². The standard InChI is InChI=1S/C13H11FN2O2S/c1-19(17,18)13-8-6-12(7-9-13)16-15-11-4-2-10(14)3-5-11/h2-9H,1H3. The van der Waals surface area contributed by atoms with Gasteiger partial charge in [-0.3, -0.25) is 0 Å². The van der Waals surface area contributed by atoms with Crippen LogP contribution in [-0.2, 0) is 9.84 Å². The van der Waals surface area contributed by atoms with Crippen molar-refractivity contribution in [3.8, 4) is 0 Å². The maximum atomic E-state index is 12.7. The highest BCUT2D eigenvalue weighted by Gasteiger charge is 2.05. The molecule has 0 spiro atoms. The molecule has 6 heteroatoms. The number of sulfone groups is 1. The van der Waals surface area contributed by atoms with Crippen molar-refractivity contribution >= 4 is 21.2 Å². The van der Waals surface area contributed by atoms with E-state index in [4.69, 9.17) is 0 Å². The Morgan fingerprint density at radius 2 is 1.26 bits per heavy atom. The molecule has 0 N–H and O–H groups in total.